The summed E-state index contributed by atoms with van der Waals surface area (Å²) >= 11 is 0. The van der Waals surface area contributed by atoms with Crippen molar-refractivity contribution in [1.29, 1.82) is 0 Å². The highest BCUT2D eigenvalue weighted by Gasteiger charge is 2.14. The lowest BCUT2D eigenvalue weighted by molar-refractivity contribution is 0.0689. The van der Waals surface area contributed by atoms with E-state index in [4.69, 9.17) is 9.84 Å². The van der Waals surface area contributed by atoms with Gasteiger partial charge >= 0.3 is 5.97 Å². The molecule has 0 aliphatic carbocycles. The molecule has 0 saturated heterocycles. The molecule has 0 aliphatic heterocycles. The largest absolute Gasteiger partial charge is 0.491 e. The second-order valence-corrected chi connectivity index (χ2v) is 4.18. The Labute approximate surface area is 108 Å². The number of benzene rings is 1. The zero-order chi connectivity index (χ0) is 13.5. The Bertz CT molecular complexity index is 388. The number of aromatic carboxylic acids is 1. The highest BCUT2D eigenvalue weighted by Crippen LogP contribution is 2.18. The predicted molar refractivity (Wildman–Crippen MR) is 71.3 cm³/mol. The molecule has 0 aromatic heterocycles. The second kappa shape index (κ2) is 7.01. The number of rotatable bonds is 7. The first-order valence-corrected chi connectivity index (χ1v) is 6.29. The molecule has 1 N–H and O–H groups in total. The number of nitrogens with zero attached hydrogens (tertiary/aromatic N) is 1. The average Bonchev–Trinajstić information content (AvgIpc) is 2.38. The van der Waals surface area contributed by atoms with Crippen molar-refractivity contribution < 1.29 is 14.6 Å². The van der Waals surface area contributed by atoms with Crippen LogP contribution in [0.5, 0.6) is 5.75 Å². The Morgan fingerprint density at radius 2 is 1.94 bits per heavy atom. The molecule has 0 spiro atoms. The summed E-state index contributed by atoms with van der Waals surface area (Å²) in [7, 11) is 0. The summed E-state index contributed by atoms with van der Waals surface area (Å²) < 4.78 is 5.62. The third kappa shape index (κ3) is 3.74. The van der Waals surface area contributed by atoms with Crippen LogP contribution < -0.4 is 4.74 Å². The van der Waals surface area contributed by atoms with Crippen LogP contribution in [0.15, 0.2) is 24.3 Å². The standard InChI is InChI=1S/C14H21NO3/c1-4-15(5-2)11(3)10-18-13-9-7-6-8-12(13)14(16)17/h6-9,11H,4-5,10H2,1-3H3,(H,16,17). The molecule has 0 amide bonds. The van der Waals surface area contributed by atoms with E-state index in [0.717, 1.165) is 13.1 Å². The summed E-state index contributed by atoms with van der Waals surface area (Å²) in [5, 5.41) is 9.04. The van der Waals surface area contributed by atoms with Gasteiger partial charge < -0.3 is 9.84 Å². The Kier molecular flexibility index (Phi) is 5.65. The molecule has 0 bridgehead atoms. The van der Waals surface area contributed by atoms with Gasteiger partial charge in [0.15, 0.2) is 0 Å². The Morgan fingerprint density at radius 3 is 2.50 bits per heavy atom. The highest BCUT2D eigenvalue weighted by molar-refractivity contribution is 5.90. The molecule has 0 aliphatic rings. The van der Waals surface area contributed by atoms with E-state index in [0.29, 0.717) is 12.4 Å². The molecule has 0 radical (unpaired) electrons. The summed E-state index contributed by atoms with van der Waals surface area (Å²) in [5.74, 6) is -0.523. The lowest BCUT2D eigenvalue weighted by atomic mass is 10.2. The molecule has 4 nitrogen and oxygen atoms in total. The van der Waals surface area contributed by atoms with Gasteiger partial charge in [0.2, 0.25) is 0 Å². The monoisotopic (exact) mass is 251 g/mol. The van der Waals surface area contributed by atoms with Gasteiger partial charge in [-0.25, -0.2) is 4.79 Å². The van der Waals surface area contributed by atoms with Crippen LogP contribution in [-0.2, 0) is 0 Å². The zero-order valence-corrected chi connectivity index (χ0v) is 11.2. The summed E-state index contributed by atoms with van der Waals surface area (Å²) in [5.41, 5.74) is 0.212. The Hall–Kier alpha value is -1.55. The van der Waals surface area contributed by atoms with E-state index in [1.165, 1.54) is 0 Å². The number of carboxylic acid groups (broad SMARTS) is 1. The van der Waals surface area contributed by atoms with Gasteiger partial charge in [0.1, 0.15) is 17.9 Å². The van der Waals surface area contributed by atoms with E-state index >= 15 is 0 Å². The fourth-order valence-electron chi connectivity index (χ4n) is 1.93. The Balaban J connectivity index is 2.66. The normalized spacial score (nSPS) is 12.4. The predicted octanol–water partition coefficient (Wildman–Crippen LogP) is 2.49. The third-order valence-electron chi connectivity index (χ3n) is 3.03. The quantitative estimate of drug-likeness (QED) is 0.809. The van der Waals surface area contributed by atoms with Crippen LogP contribution in [0.3, 0.4) is 0 Å². The molecule has 0 saturated carbocycles. The summed E-state index contributed by atoms with van der Waals surface area (Å²) in [6.07, 6.45) is 0. The van der Waals surface area contributed by atoms with E-state index < -0.39 is 5.97 Å². The van der Waals surface area contributed by atoms with Crippen molar-refractivity contribution in [3.05, 3.63) is 29.8 Å². The average molecular weight is 251 g/mol. The maximum atomic E-state index is 11.0. The van der Waals surface area contributed by atoms with Gasteiger partial charge in [0, 0.05) is 6.04 Å². The van der Waals surface area contributed by atoms with Crippen LogP contribution in [0.25, 0.3) is 0 Å². The minimum absolute atomic E-state index is 0.212. The topological polar surface area (TPSA) is 49.8 Å². The molecule has 1 atom stereocenters. The first-order valence-electron chi connectivity index (χ1n) is 6.29. The van der Waals surface area contributed by atoms with Gasteiger partial charge in [-0.05, 0) is 32.1 Å². The number of hydrogen-bond donors (Lipinski definition) is 1. The molecule has 4 heteroatoms. The number of hydrogen-bond acceptors (Lipinski definition) is 3. The molecular formula is C14H21NO3. The smallest absolute Gasteiger partial charge is 0.339 e. The third-order valence-corrected chi connectivity index (χ3v) is 3.03. The minimum Gasteiger partial charge on any atom is -0.491 e. The van der Waals surface area contributed by atoms with Crippen molar-refractivity contribution >= 4 is 5.97 Å². The van der Waals surface area contributed by atoms with Gasteiger partial charge in [-0.1, -0.05) is 26.0 Å². The van der Waals surface area contributed by atoms with Crippen molar-refractivity contribution in [3.8, 4) is 5.75 Å². The second-order valence-electron chi connectivity index (χ2n) is 4.18. The van der Waals surface area contributed by atoms with E-state index in [-0.39, 0.29) is 11.6 Å². The van der Waals surface area contributed by atoms with Gasteiger partial charge in [-0.3, -0.25) is 4.90 Å². The van der Waals surface area contributed by atoms with E-state index in [9.17, 15) is 4.79 Å². The molecule has 1 unspecified atom stereocenters. The fraction of sp³-hybridized carbons (Fsp3) is 0.500. The maximum Gasteiger partial charge on any atom is 0.339 e. The fourth-order valence-corrected chi connectivity index (χ4v) is 1.93. The lowest BCUT2D eigenvalue weighted by Gasteiger charge is -2.26. The zero-order valence-electron chi connectivity index (χ0n) is 11.2. The van der Waals surface area contributed by atoms with Gasteiger partial charge in [0.05, 0.1) is 0 Å². The first-order chi connectivity index (χ1) is 8.60. The molecular weight excluding hydrogens is 230 g/mol. The first kappa shape index (κ1) is 14.5. The summed E-state index contributed by atoms with van der Waals surface area (Å²) in [4.78, 5) is 13.3. The number of ether oxygens (including phenoxy) is 1. The van der Waals surface area contributed by atoms with Gasteiger partial charge in [-0.15, -0.1) is 0 Å². The molecule has 0 heterocycles. The van der Waals surface area contributed by atoms with E-state index in [2.05, 4.69) is 25.7 Å². The van der Waals surface area contributed by atoms with Crippen LogP contribution in [-0.4, -0.2) is 41.7 Å². The van der Waals surface area contributed by atoms with Gasteiger partial charge in [-0.2, -0.15) is 0 Å². The van der Waals surface area contributed by atoms with Gasteiger partial charge in [0.25, 0.3) is 0 Å². The molecule has 1 aromatic rings. The molecule has 1 aromatic carbocycles. The summed E-state index contributed by atoms with van der Waals surface area (Å²) in [6.45, 7) is 8.70. The van der Waals surface area contributed by atoms with Crippen molar-refractivity contribution in [2.45, 2.75) is 26.8 Å². The van der Waals surface area contributed by atoms with Crippen LogP contribution >= 0.6 is 0 Å². The molecule has 0 fully saturated rings. The number of para-hydroxylation sites is 1. The maximum absolute atomic E-state index is 11.0. The van der Waals surface area contributed by atoms with Crippen molar-refractivity contribution in [3.63, 3.8) is 0 Å². The SMILES string of the molecule is CCN(CC)C(C)COc1ccccc1C(=O)O. The van der Waals surface area contributed by atoms with Crippen molar-refractivity contribution in [2.24, 2.45) is 0 Å². The Morgan fingerprint density at radius 1 is 1.33 bits per heavy atom. The van der Waals surface area contributed by atoms with E-state index in [1.807, 2.05) is 0 Å². The minimum atomic E-state index is -0.957. The molecule has 100 valence electrons. The van der Waals surface area contributed by atoms with Crippen molar-refractivity contribution in [2.75, 3.05) is 19.7 Å². The van der Waals surface area contributed by atoms with E-state index in [1.54, 1.807) is 24.3 Å². The number of likely N-dealkylation sites (N-methyl/N-ethyl adjacent to an activating group) is 1. The van der Waals surface area contributed by atoms with Crippen LogP contribution in [0.2, 0.25) is 0 Å². The lowest BCUT2D eigenvalue weighted by Crippen LogP contribution is -2.37. The molecule has 1 rings (SSSR count). The number of carboxylic acids is 1. The van der Waals surface area contributed by atoms with Crippen LogP contribution in [0.4, 0.5) is 0 Å². The van der Waals surface area contributed by atoms with Crippen LogP contribution in [0, 0.1) is 0 Å². The number of carbonyl (C=O) groups is 1. The summed E-state index contributed by atoms with van der Waals surface area (Å²) in [6, 6.07) is 6.99. The molecule has 18 heavy (non-hydrogen) atoms. The highest BCUT2D eigenvalue weighted by atomic mass is 16.5. The van der Waals surface area contributed by atoms with Crippen molar-refractivity contribution in [1.82, 2.24) is 4.90 Å². The van der Waals surface area contributed by atoms with Crippen LogP contribution in [0.1, 0.15) is 31.1 Å².